The minimum atomic E-state index is 0. The topological polar surface area (TPSA) is 35.2 Å². The molecule has 0 aliphatic rings. The SMILES string of the molecule is CC.CC.CCCc1cccc(O[C@H](C)CN)c1.[HH]. The predicted octanol–water partition coefficient (Wildman–Crippen LogP) is 4.66. The molecule has 1 aromatic rings. The van der Waals surface area contributed by atoms with Crippen LogP contribution in [0.2, 0.25) is 0 Å². The molecule has 0 spiro atoms. The summed E-state index contributed by atoms with van der Waals surface area (Å²) in [5.41, 5.74) is 6.82. The molecule has 0 saturated heterocycles. The Hall–Kier alpha value is -1.02. The number of hydrogen-bond donors (Lipinski definition) is 1. The van der Waals surface area contributed by atoms with Gasteiger partial charge < -0.3 is 10.5 Å². The largest absolute Gasteiger partial charge is 0.489 e. The fraction of sp³-hybridized carbons (Fsp3) is 0.625. The van der Waals surface area contributed by atoms with Crippen LogP contribution in [0.4, 0.5) is 0 Å². The van der Waals surface area contributed by atoms with Crippen molar-refractivity contribution in [3.63, 3.8) is 0 Å². The Kier molecular flexibility index (Phi) is 15.1. The van der Waals surface area contributed by atoms with Gasteiger partial charge in [0.1, 0.15) is 11.9 Å². The summed E-state index contributed by atoms with van der Waals surface area (Å²) in [7, 11) is 0. The lowest BCUT2D eigenvalue weighted by Gasteiger charge is -2.13. The summed E-state index contributed by atoms with van der Waals surface area (Å²) in [4.78, 5) is 0. The Balaban J connectivity index is -0.000000467. The van der Waals surface area contributed by atoms with Crippen molar-refractivity contribution < 1.29 is 6.16 Å². The van der Waals surface area contributed by atoms with E-state index in [2.05, 4.69) is 19.1 Å². The second kappa shape index (κ2) is 14.0. The zero-order chi connectivity index (χ0) is 14.4. The highest BCUT2D eigenvalue weighted by atomic mass is 16.5. The van der Waals surface area contributed by atoms with E-state index in [-0.39, 0.29) is 7.53 Å². The lowest BCUT2D eigenvalue weighted by molar-refractivity contribution is 0.229. The van der Waals surface area contributed by atoms with E-state index in [4.69, 9.17) is 10.5 Å². The first-order chi connectivity index (χ1) is 8.76. The maximum Gasteiger partial charge on any atom is 0.120 e. The molecule has 2 heteroatoms. The lowest BCUT2D eigenvalue weighted by atomic mass is 10.1. The van der Waals surface area contributed by atoms with Gasteiger partial charge >= 0.3 is 0 Å². The lowest BCUT2D eigenvalue weighted by Crippen LogP contribution is -2.22. The molecule has 0 unspecified atom stereocenters. The van der Waals surface area contributed by atoms with Gasteiger partial charge in [0.25, 0.3) is 0 Å². The third-order valence-electron chi connectivity index (χ3n) is 2.11. The first-order valence-corrected chi connectivity index (χ1v) is 7.22. The summed E-state index contributed by atoms with van der Waals surface area (Å²) in [5, 5.41) is 0. The molecule has 1 aromatic carbocycles. The number of hydrogen-bond acceptors (Lipinski definition) is 2. The molecule has 0 bridgehead atoms. The Labute approximate surface area is 115 Å². The maximum atomic E-state index is 5.63. The highest BCUT2D eigenvalue weighted by Crippen LogP contribution is 2.15. The van der Waals surface area contributed by atoms with E-state index in [0.29, 0.717) is 6.54 Å². The van der Waals surface area contributed by atoms with Gasteiger partial charge in [-0.1, -0.05) is 53.2 Å². The number of aryl methyl sites for hydroxylation is 1. The summed E-state index contributed by atoms with van der Waals surface area (Å²) >= 11 is 0. The quantitative estimate of drug-likeness (QED) is 0.830. The van der Waals surface area contributed by atoms with Crippen molar-refractivity contribution >= 4 is 0 Å². The molecule has 0 heterocycles. The molecule has 18 heavy (non-hydrogen) atoms. The van der Waals surface area contributed by atoms with Crippen LogP contribution in [0, 0.1) is 0 Å². The minimum absolute atomic E-state index is 0. The summed E-state index contributed by atoms with van der Waals surface area (Å²) in [6, 6.07) is 8.23. The number of benzene rings is 1. The highest BCUT2D eigenvalue weighted by molar-refractivity contribution is 5.28. The number of nitrogens with two attached hydrogens (primary N) is 1. The van der Waals surface area contributed by atoms with Crippen LogP contribution in [-0.2, 0) is 6.42 Å². The Morgan fingerprint density at radius 2 is 1.83 bits per heavy atom. The standard InChI is InChI=1S/C12H19NO.2C2H6.H2/c1-3-5-11-6-4-7-12(8-11)14-10(2)9-13;2*1-2;/h4,6-8,10H,3,5,9,13H2,1-2H3;2*1-2H3;1H/t10-;;;/m1.../s1. The van der Waals surface area contributed by atoms with Crippen LogP contribution < -0.4 is 10.5 Å². The second-order valence-corrected chi connectivity index (χ2v) is 3.56. The Bertz CT molecular complexity index is 279. The van der Waals surface area contributed by atoms with Crippen molar-refractivity contribution in [3.8, 4) is 5.75 Å². The van der Waals surface area contributed by atoms with Crippen molar-refractivity contribution in [2.24, 2.45) is 5.73 Å². The molecule has 108 valence electrons. The van der Waals surface area contributed by atoms with Gasteiger partial charge in [-0.15, -0.1) is 0 Å². The smallest absolute Gasteiger partial charge is 0.120 e. The molecule has 0 aliphatic carbocycles. The normalized spacial score (nSPS) is 10.4. The zero-order valence-electron chi connectivity index (χ0n) is 13.0. The predicted molar refractivity (Wildman–Crippen MR) is 84.4 cm³/mol. The summed E-state index contributed by atoms with van der Waals surface area (Å²) in [6.07, 6.45) is 2.36. The van der Waals surface area contributed by atoms with Crippen LogP contribution in [0.15, 0.2) is 24.3 Å². The first kappa shape index (κ1) is 19.3. The van der Waals surface area contributed by atoms with E-state index in [1.165, 1.54) is 5.56 Å². The van der Waals surface area contributed by atoms with E-state index in [9.17, 15) is 0 Å². The van der Waals surface area contributed by atoms with Crippen molar-refractivity contribution in [2.45, 2.75) is 60.5 Å². The van der Waals surface area contributed by atoms with Gasteiger partial charge in [0.2, 0.25) is 0 Å². The minimum Gasteiger partial charge on any atom is -0.489 e. The Morgan fingerprint density at radius 3 is 2.33 bits per heavy atom. The fourth-order valence-electron chi connectivity index (χ4n) is 1.34. The molecule has 0 aliphatic heterocycles. The monoisotopic (exact) mass is 255 g/mol. The zero-order valence-corrected chi connectivity index (χ0v) is 13.0. The van der Waals surface area contributed by atoms with Crippen LogP contribution in [0.3, 0.4) is 0 Å². The molecule has 2 N–H and O–H groups in total. The van der Waals surface area contributed by atoms with E-state index in [1.54, 1.807) is 0 Å². The summed E-state index contributed by atoms with van der Waals surface area (Å²) in [6.45, 7) is 12.7. The van der Waals surface area contributed by atoms with E-state index in [1.807, 2.05) is 46.8 Å². The average Bonchev–Trinajstić information content (AvgIpc) is 2.44. The molecule has 0 fully saturated rings. The third-order valence-corrected chi connectivity index (χ3v) is 2.11. The van der Waals surface area contributed by atoms with Gasteiger partial charge in [0, 0.05) is 7.97 Å². The molecule has 0 saturated carbocycles. The molecule has 2 nitrogen and oxygen atoms in total. The molecule has 1 atom stereocenters. The van der Waals surface area contributed by atoms with Crippen LogP contribution in [0.25, 0.3) is 0 Å². The first-order valence-electron chi connectivity index (χ1n) is 7.22. The van der Waals surface area contributed by atoms with Crippen molar-refractivity contribution in [3.05, 3.63) is 29.8 Å². The number of rotatable bonds is 5. The summed E-state index contributed by atoms with van der Waals surface area (Å²) < 4.78 is 5.63. The molecule has 0 radical (unpaired) electrons. The van der Waals surface area contributed by atoms with E-state index >= 15 is 0 Å². The van der Waals surface area contributed by atoms with Gasteiger partial charge in [0.15, 0.2) is 0 Å². The van der Waals surface area contributed by atoms with Gasteiger partial charge in [-0.25, -0.2) is 0 Å². The van der Waals surface area contributed by atoms with Gasteiger partial charge in [-0.2, -0.15) is 0 Å². The summed E-state index contributed by atoms with van der Waals surface area (Å²) in [5.74, 6) is 0.925. The third kappa shape index (κ3) is 9.06. The Morgan fingerprint density at radius 1 is 1.22 bits per heavy atom. The van der Waals surface area contributed by atoms with E-state index < -0.39 is 0 Å². The molecular formula is C16H33NO. The molecule has 0 aromatic heterocycles. The fourth-order valence-corrected chi connectivity index (χ4v) is 1.34. The number of ether oxygens (including phenoxy) is 1. The van der Waals surface area contributed by atoms with Gasteiger partial charge in [0.05, 0.1) is 0 Å². The van der Waals surface area contributed by atoms with Crippen LogP contribution in [0.1, 0.15) is 55.0 Å². The van der Waals surface area contributed by atoms with E-state index in [0.717, 1.165) is 18.6 Å². The van der Waals surface area contributed by atoms with Crippen molar-refractivity contribution in [1.82, 2.24) is 0 Å². The van der Waals surface area contributed by atoms with Gasteiger partial charge in [-0.3, -0.25) is 0 Å². The molecule has 0 amide bonds. The van der Waals surface area contributed by atoms with Gasteiger partial charge in [-0.05, 0) is 31.0 Å². The van der Waals surface area contributed by atoms with Crippen LogP contribution >= 0.6 is 0 Å². The second-order valence-electron chi connectivity index (χ2n) is 3.56. The van der Waals surface area contributed by atoms with Crippen LogP contribution in [-0.4, -0.2) is 12.6 Å². The maximum absolute atomic E-state index is 5.63. The van der Waals surface area contributed by atoms with Crippen LogP contribution in [0.5, 0.6) is 5.75 Å². The highest BCUT2D eigenvalue weighted by Gasteiger charge is 2.01. The van der Waals surface area contributed by atoms with Crippen molar-refractivity contribution in [1.29, 1.82) is 0 Å². The molecular weight excluding hydrogens is 222 g/mol. The average molecular weight is 255 g/mol. The van der Waals surface area contributed by atoms with Crippen molar-refractivity contribution in [2.75, 3.05) is 6.54 Å². The molecule has 1 rings (SSSR count).